The van der Waals surface area contributed by atoms with Crippen LogP contribution in [0.2, 0.25) is 0 Å². The van der Waals surface area contributed by atoms with Gasteiger partial charge in [-0.1, -0.05) is 323 Å². The highest BCUT2D eigenvalue weighted by Gasteiger charge is 2.30. The Balaban J connectivity index is 5.25. The van der Waals surface area contributed by atoms with E-state index in [-0.39, 0.29) is 25.7 Å². The summed E-state index contributed by atoms with van der Waals surface area (Å²) in [6.45, 7) is 9.44. The fourth-order valence-corrected chi connectivity index (χ4v) is 12.8. The molecule has 96 heavy (non-hydrogen) atoms. The zero-order valence-corrected chi connectivity index (χ0v) is 63.9. The van der Waals surface area contributed by atoms with Gasteiger partial charge in [0.1, 0.15) is 19.3 Å². The van der Waals surface area contributed by atoms with E-state index in [0.717, 1.165) is 121 Å². The largest absolute Gasteiger partial charge is 0.472 e. The number of hydrogen-bond donors (Lipinski definition) is 3. The molecule has 0 aliphatic rings. The average Bonchev–Trinajstić information content (AvgIpc) is 1.30. The predicted molar refractivity (Wildman–Crippen MR) is 391 cm³/mol. The third-order valence-corrected chi connectivity index (χ3v) is 19.6. The van der Waals surface area contributed by atoms with Gasteiger partial charge in [-0.25, -0.2) is 9.13 Å². The van der Waals surface area contributed by atoms with E-state index in [9.17, 15) is 43.2 Å². The lowest BCUT2D eigenvalue weighted by molar-refractivity contribution is -0.161. The van der Waals surface area contributed by atoms with Gasteiger partial charge in [0.25, 0.3) is 0 Å². The summed E-state index contributed by atoms with van der Waals surface area (Å²) >= 11 is 0. The highest BCUT2D eigenvalue weighted by atomic mass is 31.2. The lowest BCUT2D eigenvalue weighted by atomic mass is 10.00. The van der Waals surface area contributed by atoms with Crippen molar-refractivity contribution >= 4 is 39.5 Å². The summed E-state index contributed by atoms with van der Waals surface area (Å²) in [5, 5.41) is 10.6. The number of unbranched alkanes of at least 4 members (excludes halogenated alkanes) is 40. The summed E-state index contributed by atoms with van der Waals surface area (Å²) in [6.07, 6.45) is 59.3. The number of phosphoric ester groups is 2. The molecule has 0 rings (SSSR count). The van der Waals surface area contributed by atoms with E-state index in [0.29, 0.717) is 31.6 Å². The monoisotopic (exact) mass is 1410 g/mol. The molecule has 17 nitrogen and oxygen atoms in total. The molecule has 0 saturated heterocycles. The highest BCUT2D eigenvalue weighted by Crippen LogP contribution is 2.45. The molecule has 19 heteroatoms. The third kappa shape index (κ3) is 68.7. The number of carbonyl (C=O) groups is 4. The van der Waals surface area contributed by atoms with E-state index >= 15 is 0 Å². The summed E-state index contributed by atoms with van der Waals surface area (Å²) in [7, 11) is -9.92. The molecule has 0 aromatic carbocycles. The zero-order valence-electron chi connectivity index (χ0n) is 62.2. The molecule has 0 fully saturated rings. The molecule has 0 aromatic heterocycles. The quantitative estimate of drug-likeness (QED) is 0.0169. The van der Waals surface area contributed by atoms with Crippen LogP contribution < -0.4 is 0 Å². The lowest BCUT2D eigenvalue weighted by Crippen LogP contribution is -2.30. The van der Waals surface area contributed by atoms with Gasteiger partial charge in [0, 0.05) is 25.7 Å². The van der Waals surface area contributed by atoms with Crippen molar-refractivity contribution in [3.05, 3.63) is 24.3 Å². The van der Waals surface area contributed by atoms with Gasteiger partial charge in [-0.15, -0.1) is 0 Å². The molecule has 3 N–H and O–H groups in total. The number of esters is 4. The molecule has 0 radical (unpaired) electrons. The van der Waals surface area contributed by atoms with Gasteiger partial charge in [-0.3, -0.25) is 37.3 Å². The molecule has 0 aromatic rings. The Kier molecular flexibility index (Phi) is 66.6. The van der Waals surface area contributed by atoms with E-state index in [1.807, 2.05) is 0 Å². The summed E-state index contributed by atoms with van der Waals surface area (Å²) < 4.78 is 68.5. The molecule has 0 aliphatic carbocycles. The molecular formula is C77H146O17P2. The highest BCUT2D eigenvalue weighted by molar-refractivity contribution is 7.47. The summed E-state index contributed by atoms with van der Waals surface area (Å²) in [4.78, 5) is 72.8. The van der Waals surface area contributed by atoms with Crippen molar-refractivity contribution in [1.29, 1.82) is 0 Å². The number of rotatable bonds is 74. The maximum absolute atomic E-state index is 13.1. The van der Waals surface area contributed by atoms with Gasteiger partial charge < -0.3 is 33.8 Å². The minimum Gasteiger partial charge on any atom is -0.462 e. The molecule has 0 amide bonds. The predicted octanol–water partition coefficient (Wildman–Crippen LogP) is 22.3. The summed E-state index contributed by atoms with van der Waals surface area (Å²) in [5.41, 5.74) is 0. The second-order valence-electron chi connectivity index (χ2n) is 27.8. The van der Waals surface area contributed by atoms with Crippen LogP contribution in [-0.2, 0) is 65.4 Å². The Morgan fingerprint density at radius 1 is 0.344 bits per heavy atom. The molecule has 0 spiro atoms. The van der Waals surface area contributed by atoms with Crippen molar-refractivity contribution in [3.63, 3.8) is 0 Å². The van der Waals surface area contributed by atoms with Crippen molar-refractivity contribution < 1.29 is 80.2 Å². The summed E-state index contributed by atoms with van der Waals surface area (Å²) in [6, 6.07) is 0. The normalized spacial score (nSPS) is 14.4. The Hall–Kier alpha value is -2.46. The maximum atomic E-state index is 13.1. The number of aliphatic hydroxyl groups is 1. The van der Waals surface area contributed by atoms with Crippen LogP contribution in [0, 0.1) is 11.8 Å². The van der Waals surface area contributed by atoms with Gasteiger partial charge in [-0.05, 0) is 63.2 Å². The molecule has 3 unspecified atom stereocenters. The van der Waals surface area contributed by atoms with Crippen LogP contribution >= 0.6 is 15.6 Å². The number of hydrogen-bond acceptors (Lipinski definition) is 15. The van der Waals surface area contributed by atoms with Gasteiger partial charge in [0.2, 0.25) is 0 Å². The van der Waals surface area contributed by atoms with Crippen LogP contribution in [0.25, 0.3) is 0 Å². The first-order valence-corrected chi connectivity index (χ1v) is 42.3. The number of aliphatic hydroxyl groups excluding tert-OH is 1. The Morgan fingerprint density at radius 2 is 0.615 bits per heavy atom. The molecule has 0 heterocycles. The zero-order chi connectivity index (χ0) is 70.7. The first-order valence-electron chi connectivity index (χ1n) is 39.3. The molecule has 6 atom stereocenters. The Labute approximate surface area is 586 Å². The Morgan fingerprint density at radius 3 is 0.938 bits per heavy atom. The van der Waals surface area contributed by atoms with E-state index in [1.54, 1.807) is 0 Å². The molecule has 566 valence electrons. The molecular weight excluding hydrogens is 1260 g/mol. The number of carbonyl (C=O) groups excluding carboxylic acids is 4. The Bertz CT molecular complexity index is 1950. The average molecular weight is 1410 g/mol. The van der Waals surface area contributed by atoms with Crippen molar-refractivity contribution in [2.75, 3.05) is 39.6 Å². The minimum atomic E-state index is -4.97. The first kappa shape index (κ1) is 93.5. The SMILES string of the molecule is CCCCCC/C=C\C=C/CCCCCCCC(=O)OC[C@H](COP(=O)(O)OC[C@@H](O)COP(=O)(O)OC[C@@H](COC(=O)CCCCCCCCC(C)CC)OC(=O)CCCCCCCCCCC(C)C)OC(=O)CCCCCCCCCCCCCCCCCCCCCC. The van der Waals surface area contributed by atoms with E-state index in [4.69, 9.17) is 37.0 Å². The van der Waals surface area contributed by atoms with Crippen molar-refractivity contribution in [3.8, 4) is 0 Å². The minimum absolute atomic E-state index is 0.101. The topological polar surface area (TPSA) is 237 Å². The number of allylic oxidation sites excluding steroid dienone is 4. The summed E-state index contributed by atoms with van der Waals surface area (Å²) in [5.74, 6) is -0.703. The standard InChI is InChI=1S/C77H146O17P2/c1-7-10-12-14-16-18-20-22-24-25-26-27-28-30-32-34-36-41-49-55-61-76(81)93-72(65-87-74(79)59-53-47-40-35-33-31-29-23-21-19-17-15-13-11-8-2)67-91-95(83,84)89-63-71(78)64-90-96(85,86)92-68-73(66-88-75(80)60-54-48-44-43-46-52-58-70(6)9-3)94-77(82)62-56-50-42-38-37-39-45-51-57-69(4)5/h19,21,23,29,69-73,78H,7-18,20,22,24-28,30-68H2,1-6H3,(H,83,84)(H,85,86)/b21-19-,29-23-/t70?,71-,72-,73-/m1/s1. The van der Waals surface area contributed by atoms with Crippen LogP contribution in [0.4, 0.5) is 0 Å². The van der Waals surface area contributed by atoms with Crippen molar-refractivity contribution in [1.82, 2.24) is 0 Å². The van der Waals surface area contributed by atoms with Gasteiger partial charge >= 0.3 is 39.5 Å². The molecule has 0 aliphatic heterocycles. The van der Waals surface area contributed by atoms with E-state index in [1.165, 1.54) is 167 Å². The fourth-order valence-electron chi connectivity index (χ4n) is 11.3. The molecule has 0 bridgehead atoms. The van der Waals surface area contributed by atoms with Gasteiger partial charge in [0.05, 0.1) is 26.4 Å². The van der Waals surface area contributed by atoms with Crippen LogP contribution in [-0.4, -0.2) is 96.7 Å². The van der Waals surface area contributed by atoms with Crippen LogP contribution in [0.1, 0.15) is 375 Å². The fraction of sp³-hybridized carbons (Fsp3) is 0.896. The number of phosphoric acid groups is 2. The van der Waals surface area contributed by atoms with Crippen LogP contribution in [0.3, 0.4) is 0 Å². The van der Waals surface area contributed by atoms with Crippen LogP contribution in [0.5, 0.6) is 0 Å². The van der Waals surface area contributed by atoms with E-state index in [2.05, 4.69) is 65.8 Å². The maximum Gasteiger partial charge on any atom is 0.472 e. The van der Waals surface area contributed by atoms with Gasteiger partial charge in [-0.2, -0.15) is 0 Å². The smallest absolute Gasteiger partial charge is 0.462 e. The van der Waals surface area contributed by atoms with Crippen molar-refractivity contribution in [2.24, 2.45) is 11.8 Å². The number of ether oxygens (including phenoxy) is 4. The first-order chi connectivity index (χ1) is 46.4. The lowest BCUT2D eigenvalue weighted by Gasteiger charge is -2.21. The molecule has 0 saturated carbocycles. The van der Waals surface area contributed by atoms with Crippen LogP contribution in [0.15, 0.2) is 24.3 Å². The second kappa shape index (κ2) is 68.3. The second-order valence-corrected chi connectivity index (χ2v) is 30.7. The van der Waals surface area contributed by atoms with Crippen molar-refractivity contribution in [2.45, 2.75) is 394 Å². The van der Waals surface area contributed by atoms with E-state index < -0.39 is 97.5 Å². The third-order valence-electron chi connectivity index (χ3n) is 17.7. The van der Waals surface area contributed by atoms with Gasteiger partial charge in [0.15, 0.2) is 12.2 Å².